The molecule has 9 nitrogen and oxygen atoms in total. The standard InChI is InChI=1S/C21H23N5O4.2ClH/c27-21-19-13(3-4-23-21)20(26-9-14-17(10-26)28-6-5-22-14)25-18(24-19)8-12-1-2-15-16(7-12)30-11-29-15;;/h1-2,7,14,17,22H,3-6,8-11H2,(H,23,27);2*1H/t14-,17-;;/m0../s1. The molecule has 172 valence electrons. The Hall–Kier alpha value is -2.33. The number of rotatable bonds is 3. The zero-order chi connectivity index (χ0) is 20.1. The molecule has 0 unspecified atom stereocenters. The molecule has 2 saturated heterocycles. The summed E-state index contributed by atoms with van der Waals surface area (Å²) >= 11 is 0. The minimum absolute atomic E-state index is 0. The SMILES string of the molecule is Cl.Cl.O=C1NCCc2c1nc(Cc1ccc3c(c1)OCO3)nc2N1C[C@@H]2NCCO[C@H]2C1. The van der Waals surface area contributed by atoms with Crippen molar-refractivity contribution >= 4 is 36.5 Å². The van der Waals surface area contributed by atoms with E-state index in [-0.39, 0.29) is 43.6 Å². The molecule has 6 rings (SSSR count). The Morgan fingerprint density at radius 2 is 1.97 bits per heavy atom. The van der Waals surface area contributed by atoms with E-state index >= 15 is 0 Å². The third-order valence-corrected chi connectivity index (χ3v) is 6.11. The number of hydrogen-bond donors (Lipinski definition) is 2. The van der Waals surface area contributed by atoms with Crippen LogP contribution in [0.25, 0.3) is 0 Å². The van der Waals surface area contributed by atoms with Gasteiger partial charge in [0.05, 0.1) is 18.8 Å². The molecule has 0 spiro atoms. The van der Waals surface area contributed by atoms with Gasteiger partial charge in [-0.3, -0.25) is 4.79 Å². The molecular weight excluding hydrogens is 457 g/mol. The predicted octanol–water partition coefficient (Wildman–Crippen LogP) is 1.10. The summed E-state index contributed by atoms with van der Waals surface area (Å²) in [6, 6.07) is 6.13. The molecule has 1 aromatic carbocycles. The number of aromatic nitrogens is 2. The molecule has 0 aliphatic carbocycles. The van der Waals surface area contributed by atoms with Crippen LogP contribution in [0.3, 0.4) is 0 Å². The highest BCUT2D eigenvalue weighted by molar-refractivity contribution is 5.96. The molecular formula is C21H25Cl2N5O4. The average Bonchev–Trinajstić information content (AvgIpc) is 3.40. The molecule has 4 aliphatic rings. The number of nitrogens with one attached hydrogen (secondary N) is 2. The van der Waals surface area contributed by atoms with Crippen LogP contribution in [0.2, 0.25) is 0 Å². The first kappa shape index (κ1) is 22.8. The van der Waals surface area contributed by atoms with Gasteiger partial charge in [-0.1, -0.05) is 6.07 Å². The van der Waals surface area contributed by atoms with Crippen molar-refractivity contribution in [1.29, 1.82) is 0 Å². The van der Waals surface area contributed by atoms with E-state index in [1.165, 1.54) is 0 Å². The van der Waals surface area contributed by atoms with Crippen LogP contribution >= 0.6 is 24.8 Å². The lowest BCUT2D eigenvalue weighted by atomic mass is 10.0. The lowest BCUT2D eigenvalue weighted by Crippen LogP contribution is -2.47. The Balaban J connectivity index is 0.00000122. The lowest BCUT2D eigenvalue weighted by Gasteiger charge is -2.25. The van der Waals surface area contributed by atoms with Gasteiger partial charge in [-0.15, -0.1) is 24.8 Å². The van der Waals surface area contributed by atoms with Crippen LogP contribution in [0.15, 0.2) is 18.2 Å². The summed E-state index contributed by atoms with van der Waals surface area (Å²) in [6.45, 7) is 4.04. The second-order valence-corrected chi connectivity index (χ2v) is 8.04. The molecule has 2 N–H and O–H groups in total. The molecule has 0 radical (unpaired) electrons. The molecule has 0 bridgehead atoms. The van der Waals surface area contributed by atoms with E-state index in [1.54, 1.807) is 0 Å². The summed E-state index contributed by atoms with van der Waals surface area (Å²) in [5.74, 6) is 2.85. The monoisotopic (exact) mass is 481 g/mol. The number of benzene rings is 1. The van der Waals surface area contributed by atoms with Gasteiger partial charge in [0.25, 0.3) is 5.91 Å². The Morgan fingerprint density at radius 3 is 2.84 bits per heavy atom. The van der Waals surface area contributed by atoms with Crippen molar-refractivity contribution in [3.63, 3.8) is 0 Å². The third-order valence-electron chi connectivity index (χ3n) is 6.11. The Bertz CT molecular complexity index is 1010. The summed E-state index contributed by atoms with van der Waals surface area (Å²) in [4.78, 5) is 24.4. The summed E-state index contributed by atoms with van der Waals surface area (Å²) in [7, 11) is 0. The molecule has 4 aliphatic heterocycles. The molecule has 11 heteroatoms. The number of nitrogens with zero attached hydrogens (tertiary/aromatic N) is 3. The second-order valence-electron chi connectivity index (χ2n) is 8.04. The largest absolute Gasteiger partial charge is 0.454 e. The summed E-state index contributed by atoms with van der Waals surface area (Å²) in [6.07, 6.45) is 1.40. The number of carbonyl (C=O) groups is 1. The highest BCUT2D eigenvalue weighted by atomic mass is 35.5. The van der Waals surface area contributed by atoms with Crippen molar-refractivity contribution in [3.05, 3.63) is 40.8 Å². The minimum Gasteiger partial charge on any atom is -0.454 e. The molecule has 32 heavy (non-hydrogen) atoms. The van der Waals surface area contributed by atoms with E-state index in [1.807, 2.05) is 18.2 Å². The summed E-state index contributed by atoms with van der Waals surface area (Å²) in [5, 5.41) is 6.44. The fourth-order valence-electron chi connectivity index (χ4n) is 4.66. The zero-order valence-corrected chi connectivity index (χ0v) is 19.0. The van der Waals surface area contributed by atoms with Crippen molar-refractivity contribution in [1.82, 2.24) is 20.6 Å². The molecule has 1 amide bonds. The van der Waals surface area contributed by atoms with Crippen LogP contribution in [0, 0.1) is 0 Å². The van der Waals surface area contributed by atoms with E-state index in [0.717, 1.165) is 61.1 Å². The van der Waals surface area contributed by atoms with Crippen molar-refractivity contribution in [2.75, 3.05) is 44.5 Å². The van der Waals surface area contributed by atoms with Gasteiger partial charge < -0.3 is 29.7 Å². The van der Waals surface area contributed by atoms with E-state index in [0.29, 0.717) is 30.5 Å². The maximum absolute atomic E-state index is 12.6. The number of ether oxygens (including phenoxy) is 3. The zero-order valence-electron chi connectivity index (χ0n) is 17.3. The Kier molecular flexibility index (Phi) is 6.62. The average molecular weight is 482 g/mol. The fourth-order valence-corrected chi connectivity index (χ4v) is 4.66. The topological polar surface area (TPSA) is 97.8 Å². The maximum Gasteiger partial charge on any atom is 0.270 e. The van der Waals surface area contributed by atoms with Gasteiger partial charge in [0.2, 0.25) is 6.79 Å². The number of morpholine rings is 1. The smallest absolute Gasteiger partial charge is 0.270 e. The quantitative estimate of drug-likeness (QED) is 0.672. The van der Waals surface area contributed by atoms with Crippen molar-refractivity contribution in [3.8, 4) is 11.5 Å². The molecule has 0 saturated carbocycles. The number of fused-ring (bicyclic) bond motifs is 3. The number of halogens is 2. The van der Waals surface area contributed by atoms with Crippen LogP contribution in [0.4, 0.5) is 5.82 Å². The fraction of sp³-hybridized carbons (Fsp3) is 0.476. The predicted molar refractivity (Wildman–Crippen MR) is 122 cm³/mol. The first-order valence-electron chi connectivity index (χ1n) is 10.4. The van der Waals surface area contributed by atoms with Crippen LogP contribution in [-0.4, -0.2) is 67.6 Å². The van der Waals surface area contributed by atoms with Crippen molar-refractivity contribution < 1.29 is 19.0 Å². The van der Waals surface area contributed by atoms with Crippen molar-refractivity contribution in [2.24, 2.45) is 0 Å². The summed E-state index contributed by atoms with van der Waals surface area (Å²) < 4.78 is 16.8. The summed E-state index contributed by atoms with van der Waals surface area (Å²) in [5.41, 5.74) is 2.44. The van der Waals surface area contributed by atoms with Crippen LogP contribution in [0.1, 0.15) is 27.4 Å². The minimum atomic E-state index is -0.127. The van der Waals surface area contributed by atoms with Gasteiger partial charge in [-0.25, -0.2) is 9.97 Å². The van der Waals surface area contributed by atoms with Crippen molar-refractivity contribution in [2.45, 2.75) is 25.0 Å². The van der Waals surface area contributed by atoms with Crippen LogP contribution in [0.5, 0.6) is 11.5 Å². The molecule has 5 heterocycles. The van der Waals surface area contributed by atoms with Gasteiger partial charge in [0.15, 0.2) is 11.5 Å². The first-order chi connectivity index (χ1) is 14.7. The van der Waals surface area contributed by atoms with Gasteiger partial charge in [-0.2, -0.15) is 0 Å². The van der Waals surface area contributed by atoms with Gasteiger partial charge in [-0.05, 0) is 24.1 Å². The number of carbonyl (C=O) groups excluding carboxylic acids is 1. The van der Waals surface area contributed by atoms with E-state index < -0.39 is 0 Å². The van der Waals surface area contributed by atoms with E-state index in [4.69, 9.17) is 19.2 Å². The highest BCUT2D eigenvalue weighted by Gasteiger charge is 2.38. The number of hydrogen-bond acceptors (Lipinski definition) is 8. The number of amides is 1. The Morgan fingerprint density at radius 1 is 1.09 bits per heavy atom. The van der Waals surface area contributed by atoms with Gasteiger partial charge in [0.1, 0.15) is 17.3 Å². The molecule has 2 atom stereocenters. The van der Waals surface area contributed by atoms with E-state index in [2.05, 4.69) is 20.5 Å². The number of anilines is 1. The molecule has 1 aromatic heterocycles. The van der Waals surface area contributed by atoms with Gasteiger partial charge >= 0.3 is 0 Å². The highest BCUT2D eigenvalue weighted by Crippen LogP contribution is 2.34. The maximum atomic E-state index is 12.6. The lowest BCUT2D eigenvalue weighted by molar-refractivity contribution is 0.0212. The van der Waals surface area contributed by atoms with Gasteiger partial charge in [0, 0.05) is 38.2 Å². The van der Waals surface area contributed by atoms with Crippen LogP contribution < -0.4 is 25.0 Å². The van der Waals surface area contributed by atoms with Crippen LogP contribution in [-0.2, 0) is 17.6 Å². The molecule has 2 aromatic rings. The molecule has 2 fully saturated rings. The first-order valence-corrected chi connectivity index (χ1v) is 10.4. The normalized spacial score (nSPS) is 22.9. The second kappa shape index (κ2) is 9.27. The van der Waals surface area contributed by atoms with E-state index in [9.17, 15) is 4.79 Å². The Labute approximate surface area is 198 Å². The third kappa shape index (κ3) is 4.05.